The van der Waals surface area contributed by atoms with Gasteiger partial charge >= 0.3 is 0 Å². The van der Waals surface area contributed by atoms with E-state index in [1.165, 1.54) is 0 Å². The van der Waals surface area contributed by atoms with E-state index in [1.54, 1.807) is 0 Å². The van der Waals surface area contributed by atoms with E-state index in [9.17, 15) is 4.79 Å². The maximum atomic E-state index is 12.3. The average molecular weight is 276 g/mol. The van der Waals surface area contributed by atoms with Gasteiger partial charge in [-0.05, 0) is 38.6 Å². The van der Waals surface area contributed by atoms with Crippen LogP contribution in [-0.2, 0) is 4.79 Å². The molecule has 3 N–H and O–H groups in total. The van der Waals surface area contributed by atoms with Crippen LogP contribution in [0.15, 0.2) is 18.2 Å². The van der Waals surface area contributed by atoms with Crippen molar-refractivity contribution in [3.63, 3.8) is 0 Å². The zero-order valence-corrected chi connectivity index (χ0v) is 12.5. The van der Waals surface area contributed by atoms with Gasteiger partial charge in [0.15, 0.2) is 0 Å². The summed E-state index contributed by atoms with van der Waals surface area (Å²) >= 11 is 0. The molecule has 5 nitrogen and oxygen atoms in total. The molecule has 1 saturated heterocycles. The standard InChI is InChI=1S/C15H24N4O/c1-11-4-5-13(16)10-14(11)17-15(20)12(2)19-8-6-18(3)7-9-19/h4-5,10,12H,6-9,16H2,1-3H3,(H,17,20). The van der Waals surface area contributed by atoms with Crippen LogP contribution in [0.5, 0.6) is 0 Å². The van der Waals surface area contributed by atoms with Crippen molar-refractivity contribution in [1.29, 1.82) is 0 Å². The smallest absolute Gasteiger partial charge is 0.241 e. The molecule has 1 aromatic rings. The number of likely N-dealkylation sites (N-methyl/N-ethyl adjacent to an activating group) is 1. The second kappa shape index (κ2) is 6.24. The molecule has 1 aromatic carbocycles. The quantitative estimate of drug-likeness (QED) is 0.813. The summed E-state index contributed by atoms with van der Waals surface area (Å²) in [5.41, 5.74) is 8.26. The molecule has 110 valence electrons. The Bertz CT molecular complexity index is 481. The number of carbonyl (C=O) groups is 1. The number of amides is 1. The first-order chi connectivity index (χ1) is 9.47. The lowest BCUT2D eigenvalue weighted by Crippen LogP contribution is -2.51. The van der Waals surface area contributed by atoms with Crippen LogP contribution in [0.3, 0.4) is 0 Å². The highest BCUT2D eigenvalue weighted by atomic mass is 16.2. The number of nitrogens with two attached hydrogens (primary N) is 1. The molecule has 5 heteroatoms. The van der Waals surface area contributed by atoms with Gasteiger partial charge in [0.1, 0.15) is 0 Å². The Labute approximate surface area is 120 Å². The van der Waals surface area contributed by atoms with Crippen molar-refractivity contribution in [1.82, 2.24) is 9.80 Å². The zero-order chi connectivity index (χ0) is 14.7. The summed E-state index contributed by atoms with van der Waals surface area (Å²) in [6.07, 6.45) is 0. The first-order valence-electron chi connectivity index (χ1n) is 7.07. The number of benzene rings is 1. The monoisotopic (exact) mass is 276 g/mol. The Morgan fingerprint density at radius 3 is 2.60 bits per heavy atom. The largest absolute Gasteiger partial charge is 0.399 e. The molecule has 1 heterocycles. The summed E-state index contributed by atoms with van der Waals surface area (Å²) in [5, 5.41) is 2.99. The van der Waals surface area contributed by atoms with Gasteiger partial charge in [0.25, 0.3) is 0 Å². The fraction of sp³-hybridized carbons (Fsp3) is 0.533. The minimum atomic E-state index is -0.121. The second-order valence-corrected chi connectivity index (χ2v) is 5.58. The van der Waals surface area contributed by atoms with Crippen molar-refractivity contribution in [2.24, 2.45) is 0 Å². The van der Waals surface area contributed by atoms with Crippen molar-refractivity contribution < 1.29 is 4.79 Å². The normalized spacial score (nSPS) is 18.8. The third-order valence-electron chi connectivity index (χ3n) is 3.98. The molecular formula is C15H24N4O. The number of nitrogens with one attached hydrogen (secondary N) is 1. The molecule has 0 aromatic heterocycles. The minimum Gasteiger partial charge on any atom is -0.399 e. The van der Waals surface area contributed by atoms with Crippen molar-refractivity contribution >= 4 is 17.3 Å². The molecular weight excluding hydrogens is 252 g/mol. The van der Waals surface area contributed by atoms with Crippen LogP contribution < -0.4 is 11.1 Å². The van der Waals surface area contributed by atoms with E-state index >= 15 is 0 Å². The van der Waals surface area contributed by atoms with Crippen molar-refractivity contribution in [3.8, 4) is 0 Å². The van der Waals surface area contributed by atoms with Gasteiger partial charge in [0.2, 0.25) is 5.91 Å². The van der Waals surface area contributed by atoms with Gasteiger partial charge in [0.05, 0.1) is 6.04 Å². The molecule has 1 atom stereocenters. The second-order valence-electron chi connectivity index (χ2n) is 5.58. The van der Waals surface area contributed by atoms with Crippen molar-refractivity contribution in [2.75, 3.05) is 44.3 Å². The lowest BCUT2D eigenvalue weighted by atomic mass is 10.1. The third kappa shape index (κ3) is 3.49. The molecule has 1 aliphatic rings. The predicted octanol–water partition coefficient (Wildman–Crippen LogP) is 1.15. The highest BCUT2D eigenvalue weighted by Crippen LogP contribution is 2.19. The number of nitrogens with zero attached hydrogens (tertiary/aromatic N) is 2. The van der Waals surface area contributed by atoms with E-state index in [0.717, 1.165) is 37.4 Å². The maximum absolute atomic E-state index is 12.3. The fourth-order valence-corrected chi connectivity index (χ4v) is 2.39. The lowest BCUT2D eigenvalue weighted by molar-refractivity contribution is -0.121. The van der Waals surface area contributed by atoms with Gasteiger partial charge < -0.3 is 16.0 Å². The molecule has 1 fully saturated rings. The van der Waals surface area contributed by atoms with Crippen LogP contribution in [0.4, 0.5) is 11.4 Å². The van der Waals surface area contributed by atoms with Crippen molar-refractivity contribution in [2.45, 2.75) is 19.9 Å². The summed E-state index contributed by atoms with van der Waals surface area (Å²) in [5.74, 6) is 0.0308. The molecule has 0 spiro atoms. The summed E-state index contributed by atoms with van der Waals surface area (Å²) in [6.45, 7) is 7.81. The topological polar surface area (TPSA) is 61.6 Å². The first kappa shape index (κ1) is 14.8. The Morgan fingerprint density at radius 2 is 1.95 bits per heavy atom. The molecule has 20 heavy (non-hydrogen) atoms. The molecule has 0 aliphatic carbocycles. The number of carbonyl (C=O) groups excluding carboxylic acids is 1. The number of piperazine rings is 1. The van der Waals surface area contributed by atoms with Crippen LogP contribution in [0.25, 0.3) is 0 Å². The molecule has 0 bridgehead atoms. The Morgan fingerprint density at radius 1 is 1.30 bits per heavy atom. The molecule has 0 radical (unpaired) electrons. The van der Waals surface area contributed by atoms with Crippen LogP contribution in [0.1, 0.15) is 12.5 Å². The number of anilines is 2. The number of hydrogen-bond acceptors (Lipinski definition) is 4. The number of hydrogen-bond donors (Lipinski definition) is 2. The SMILES string of the molecule is Cc1ccc(N)cc1NC(=O)C(C)N1CCN(C)CC1. The number of aryl methyl sites for hydroxylation is 1. The Kier molecular flexibility index (Phi) is 4.62. The van der Waals surface area contributed by atoms with E-state index in [-0.39, 0.29) is 11.9 Å². The highest BCUT2D eigenvalue weighted by Gasteiger charge is 2.24. The molecule has 1 amide bonds. The molecule has 1 aliphatic heterocycles. The number of rotatable bonds is 3. The average Bonchev–Trinajstić information content (AvgIpc) is 2.43. The molecule has 2 rings (SSSR count). The fourth-order valence-electron chi connectivity index (χ4n) is 2.39. The summed E-state index contributed by atoms with van der Waals surface area (Å²) in [6, 6.07) is 5.45. The van der Waals surface area contributed by atoms with Crippen LogP contribution >= 0.6 is 0 Å². The Hall–Kier alpha value is -1.59. The van der Waals surface area contributed by atoms with Crippen molar-refractivity contribution in [3.05, 3.63) is 23.8 Å². The van der Waals surface area contributed by atoms with E-state index < -0.39 is 0 Å². The summed E-state index contributed by atoms with van der Waals surface area (Å²) in [7, 11) is 2.11. The summed E-state index contributed by atoms with van der Waals surface area (Å²) in [4.78, 5) is 16.8. The lowest BCUT2D eigenvalue weighted by Gasteiger charge is -2.35. The van der Waals surface area contributed by atoms with Gasteiger partial charge in [-0.15, -0.1) is 0 Å². The van der Waals surface area contributed by atoms with Gasteiger partial charge in [-0.25, -0.2) is 0 Å². The van der Waals surface area contributed by atoms with Gasteiger partial charge in [-0.1, -0.05) is 6.07 Å². The van der Waals surface area contributed by atoms with E-state index in [0.29, 0.717) is 5.69 Å². The Balaban J connectivity index is 1.99. The molecule has 1 unspecified atom stereocenters. The minimum absolute atomic E-state index is 0.0308. The summed E-state index contributed by atoms with van der Waals surface area (Å²) < 4.78 is 0. The molecule has 0 saturated carbocycles. The zero-order valence-electron chi connectivity index (χ0n) is 12.5. The predicted molar refractivity (Wildman–Crippen MR) is 82.8 cm³/mol. The van der Waals surface area contributed by atoms with E-state index in [4.69, 9.17) is 5.73 Å². The van der Waals surface area contributed by atoms with Gasteiger partial charge in [-0.2, -0.15) is 0 Å². The van der Waals surface area contributed by atoms with Gasteiger partial charge in [0, 0.05) is 37.6 Å². The van der Waals surface area contributed by atoms with Crippen LogP contribution in [0.2, 0.25) is 0 Å². The van der Waals surface area contributed by atoms with Crippen LogP contribution in [0, 0.1) is 6.92 Å². The van der Waals surface area contributed by atoms with E-state index in [2.05, 4.69) is 22.2 Å². The van der Waals surface area contributed by atoms with Gasteiger partial charge in [-0.3, -0.25) is 9.69 Å². The first-order valence-corrected chi connectivity index (χ1v) is 7.07. The maximum Gasteiger partial charge on any atom is 0.241 e. The third-order valence-corrected chi connectivity index (χ3v) is 3.98. The highest BCUT2D eigenvalue weighted by molar-refractivity contribution is 5.95. The number of nitrogen functional groups attached to an aromatic ring is 1. The van der Waals surface area contributed by atoms with E-state index in [1.807, 2.05) is 32.0 Å². The van der Waals surface area contributed by atoms with Crippen LogP contribution in [-0.4, -0.2) is 55.0 Å².